The molecule has 1 aliphatic heterocycles. The summed E-state index contributed by atoms with van der Waals surface area (Å²) in [5, 5.41) is 14.6. The van der Waals surface area contributed by atoms with Crippen LogP contribution in [0.15, 0.2) is 24.3 Å². The molecule has 5 N–H and O–H groups in total. The van der Waals surface area contributed by atoms with Crippen molar-refractivity contribution >= 4 is 18.5 Å². The number of halogens is 6. The van der Waals surface area contributed by atoms with Crippen LogP contribution in [0.1, 0.15) is 35.3 Å². The first-order valence-electron chi connectivity index (χ1n) is 9.14. The number of benzene rings is 1. The van der Waals surface area contributed by atoms with Crippen molar-refractivity contribution in [3.8, 4) is 0 Å². The zero-order valence-electron chi connectivity index (χ0n) is 16.7. The van der Waals surface area contributed by atoms with Gasteiger partial charge in [0, 0.05) is 24.2 Å². The van der Waals surface area contributed by atoms with Crippen molar-refractivity contribution in [3.05, 3.63) is 41.0 Å². The molecule has 1 unspecified atom stereocenters. The Hall–Kier alpha value is -2.09. The molecule has 1 aromatic rings. The van der Waals surface area contributed by atoms with E-state index < -0.39 is 53.7 Å². The lowest BCUT2D eigenvalue weighted by Crippen LogP contribution is -2.53. The van der Waals surface area contributed by atoms with Gasteiger partial charge < -0.3 is 26.0 Å². The topological polar surface area (TPSA) is 96.6 Å². The number of carbonyl (C=O) groups is 1. The second kappa shape index (κ2) is 8.81. The minimum atomic E-state index is -4.86. The van der Waals surface area contributed by atoms with Gasteiger partial charge in [-0.3, -0.25) is 4.79 Å². The van der Waals surface area contributed by atoms with E-state index in [2.05, 4.69) is 17.2 Å². The Morgan fingerprint density at radius 1 is 1.29 bits per heavy atom. The fourth-order valence-electron chi connectivity index (χ4n) is 2.99. The third kappa shape index (κ3) is 5.79. The number of hydrogen-bond donors (Lipinski definition) is 4. The van der Waals surface area contributed by atoms with Crippen molar-refractivity contribution in [1.29, 1.82) is 0 Å². The van der Waals surface area contributed by atoms with Crippen molar-refractivity contribution < 1.29 is 40.8 Å². The van der Waals surface area contributed by atoms with Crippen LogP contribution >= 0.6 is 0 Å². The number of hydrogen-bond acceptors (Lipinski definition) is 5. The first kappa shape index (κ1) is 25.2. The molecule has 0 spiro atoms. The van der Waals surface area contributed by atoms with E-state index in [4.69, 9.17) is 10.4 Å². The first-order chi connectivity index (χ1) is 14.1. The molecule has 1 aromatic carbocycles. The summed E-state index contributed by atoms with van der Waals surface area (Å²) in [6, 6.07) is 0.636. The first-order valence-corrected chi connectivity index (χ1v) is 9.14. The van der Waals surface area contributed by atoms with Crippen LogP contribution in [0, 0.1) is 0 Å². The number of nitrogens with one attached hydrogen (secondary N) is 2. The monoisotopic (exact) mass is 453 g/mol. The Kier molecular flexibility index (Phi) is 7.15. The smallest absolute Gasteiger partial charge is 0.423 e. The van der Waals surface area contributed by atoms with Crippen molar-refractivity contribution in [3.63, 3.8) is 0 Å². The van der Waals surface area contributed by atoms with E-state index in [0.717, 1.165) is 12.1 Å². The predicted octanol–water partition coefficient (Wildman–Crippen LogP) is 1.47. The molecule has 13 heteroatoms. The fourth-order valence-corrected chi connectivity index (χ4v) is 2.99. The number of fused-ring (bicyclic) bond motifs is 1. The molecule has 0 radical (unpaired) electrons. The van der Waals surface area contributed by atoms with Gasteiger partial charge >= 0.3 is 19.5 Å². The van der Waals surface area contributed by atoms with Crippen LogP contribution in [0.2, 0.25) is 0 Å². The standard InChI is InChI=1S/C18H22BF6N3O3/c1-9(17(20,21)22)16(2,3)27-7-11(6-26)28-15(29)12-5-14-10(8-31-19(14)30)4-13(12)18(23,24)25/h4-5,11,27,30H,1,6-8,26H2,2-3H3,(H,28,29). The number of amides is 1. The van der Waals surface area contributed by atoms with Crippen molar-refractivity contribution in [2.24, 2.45) is 5.73 Å². The molecule has 1 heterocycles. The Bertz CT molecular complexity index is 857. The lowest BCUT2D eigenvalue weighted by molar-refractivity contribution is -0.138. The van der Waals surface area contributed by atoms with Crippen LogP contribution in [-0.4, -0.2) is 48.9 Å². The SMILES string of the molecule is C=C(C(F)(F)F)C(C)(C)NCC(CN)NC(=O)c1cc2c(cc1C(F)(F)F)COB2O. The molecule has 172 valence electrons. The maximum absolute atomic E-state index is 13.5. The fraction of sp³-hybridized carbons (Fsp3) is 0.500. The summed E-state index contributed by atoms with van der Waals surface area (Å²) in [6.07, 6.45) is -9.52. The van der Waals surface area contributed by atoms with Gasteiger partial charge in [0.1, 0.15) is 0 Å². The van der Waals surface area contributed by atoms with Crippen LogP contribution in [0.4, 0.5) is 26.3 Å². The minimum absolute atomic E-state index is 0.0307. The van der Waals surface area contributed by atoms with Gasteiger partial charge in [-0.2, -0.15) is 26.3 Å². The van der Waals surface area contributed by atoms with Crippen LogP contribution in [-0.2, 0) is 17.4 Å². The minimum Gasteiger partial charge on any atom is -0.423 e. The average Bonchev–Trinajstić information content (AvgIpc) is 3.02. The summed E-state index contributed by atoms with van der Waals surface area (Å²) in [7, 11) is -1.47. The molecule has 1 aliphatic rings. The maximum Gasteiger partial charge on any atom is 0.491 e. The van der Waals surface area contributed by atoms with E-state index in [9.17, 15) is 36.2 Å². The molecule has 0 saturated heterocycles. The Morgan fingerprint density at radius 2 is 1.90 bits per heavy atom. The van der Waals surface area contributed by atoms with Crippen LogP contribution in [0.5, 0.6) is 0 Å². The number of alkyl halides is 6. The third-order valence-electron chi connectivity index (χ3n) is 5.00. The number of carbonyl (C=O) groups excluding carboxylic acids is 1. The lowest BCUT2D eigenvalue weighted by atomic mass is 9.77. The second-order valence-corrected chi connectivity index (χ2v) is 7.65. The summed E-state index contributed by atoms with van der Waals surface area (Å²) in [5.74, 6) is -1.14. The third-order valence-corrected chi connectivity index (χ3v) is 5.00. The lowest BCUT2D eigenvalue weighted by Gasteiger charge is -2.32. The van der Waals surface area contributed by atoms with Crippen molar-refractivity contribution in [1.82, 2.24) is 10.6 Å². The van der Waals surface area contributed by atoms with E-state index in [1.807, 2.05) is 0 Å². The molecule has 31 heavy (non-hydrogen) atoms. The van der Waals surface area contributed by atoms with Crippen LogP contribution in [0.3, 0.4) is 0 Å². The van der Waals surface area contributed by atoms with Gasteiger partial charge in [0.2, 0.25) is 0 Å². The molecule has 0 saturated carbocycles. The van der Waals surface area contributed by atoms with E-state index in [1.54, 1.807) is 0 Å². The van der Waals surface area contributed by atoms with Gasteiger partial charge in [-0.1, -0.05) is 6.58 Å². The molecular formula is C18H22BF6N3O3. The van der Waals surface area contributed by atoms with Gasteiger partial charge in [-0.05, 0) is 37.0 Å². The summed E-state index contributed by atoms with van der Waals surface area (Å²) < 4.78 is 84.0. The van der Waals surface area contributed by atoms with E-state index in [-0.39, 0.29) is 30.7 Å². The molecule has 6 nitrogen and oxygen atoms in total. The Balaban J connectivity index is 2.21. The zero-order chi connectivity index (χ0) is 23.8. The second-order valence-electron chi connectivity index (χ2n) is 7.65. The molecule has 0 bridgehead atoms. The summed E-state index contributed by atoms with van der Waals surface area (Å²) in [5.41, 5.74) is 1.02. The zero-order valence-corrected chi connectivity index (χ0v) is 16.7. The maximum atomic E-state index is 13.5. The largest absolute Gasteiger partial charge is 0.491 e. The highest BCUT2D eigenvalue weighted by atomic mass is 19.4. The average molecular weight is 453 g/mol. The summed E-state index contributed by atoms with van der Waals surface area (Å²) >= 11 is 0. The van der Waals surface area contributed by atoms with Gasteiger partial charge in [0.15, 0.2) is 0 Å². The van der Waals surface area contributed by atoms with Gasteiger partial charge in [0.25, 0.3) is 5.91 Å². The van der Waals surface area contributed by atoms with Crippen LogP contribution in [0.25, 0.3) is 0 Å². The molecule has 1 atom stereocenters. The van der Waals surface area contributed by atoms with Crippen molar-refractivity contribution in [2.45, 2.75) is 44.4 Å². The highest BCUT2D eigenvalue weighted by Crippen LogP contribution is 2.34. The van der Waals surface area contributed by atoms with Gasteiger partial charge in [-0.15, -0.1) is 0 Å². The normalized spacial score (nSPS) is 15.6. The molecular weight excluding hydrogens is 431 g/mol. The molecule has 1 amide bonds. The highest BCUT2D eigenvalue weighted by Gasteiger charge is 2.42. The van der Waals surface area contributed by atoms with Crippen LogP contribution < -0.4 is 21.8 Å². The number of nitrogens with two attached hydrogens (primary N) is 1. The van der Waals surface area contributed by atoms with Gasteiger partial charge in [-0.25, -0.2) is 0 Å². The Morgan fingerprint density at radius 3 is 2.42 bits per heavy atom. The van der Waals surface area contributed by atoms with Gasteiger partial charge in [0.05, 0.1) is 23.8 Å². The molecule has 0 fully saturated rings. The van der Waals surface area contributed by atoms with Crippen molar-refractivity contribution in [2.75, 3.05) is 13.1 Å². The highest BCUT2D eigenvalue weighted by molar-refractivity contribution is 6.61. The molecule has 0 aliphatic carbocycles. The Labute approximate surface area is 175 Å². The van der Waals surface area contributed by atoms with E-state index >= 15 is 0 Å². The van der Waals surface area contributed by atoms with E-state index in [0.29, 0.717) is 0 Å². The predicted molar refractivity (Wildman–Crippen MR) is 101 cm³/mol. The quantitative estimate of drug-likeness (QED) is 0.285. The number of rotatable bonds is 7. The van der Waals surface area contributed by atoms with E-state index in [1.165, 1.54) is 13.8 Å². The summed E-state index contributed by atoms with van der Waals surface area (Å²) in [6.45, 7) is 4.71. The molecule has 2 rings (SSSR count). The summed E-state index contributed by atoms with van der Waals surface area (Å²) in [4.78, 5) is 12.6. The molecule has 0 aromatic heterocycles.